The van der Waals surface area contributed by atoms with Crippen LogP contribution in [0.2, 0.25) is 0 Å². The Morgan fingerprint density at radius 1 is 1.18 bits per heavy atom. The Morgan fingerprint density at radius 3 is 2.09 bits per heavy atom. The highest BCUT2D eigenvalue weighted by molar-refractivity contribution is 6.28. The molecule has 0 aromatic heterocycles. The Balaban J connectivity index is 3.83. The quantitative estimate of drug-likeness (QED) is 0.294. The number of amidine groups is 1. The number of ketones is 1. The molecule has 3 nitrogen and oxygen atoms in total. The highest BCUT2D eigenvalue weighted by Gasteiger charge is 2.40. The molecule has 122 valence electrons. The fourth-order valence-electron chi connectivity index (χ4n) is 1.66. The number of carbonyl (C=O) groups is 1. The molecule has 0 aliphatic heterocycles. The van der Waals surface area contributed by atoms with Crippen LogP contribution in [0.3, 0.4) is 0 Å². The van der Waals surface area contributed by atoms with Gasteiger partial charge in [-0.3, -0.25) is 4.79 Å². The summed E-state index contributed by atoms with van der Waals surface area (Å²) >= 11 is 5.31. The molecule has 0 aliphatic rings. The van der Waals surface area contributed by atoms with E-state index < -0.39 is 52.2 Å². The van der Waals surface area contributed by atoms with E-state index in [4.69, 9.17) is 17.3 Å². The summed E-state index contributed by atoms with van der Waals surface area (Å²) in [4.78, 5) is 14.8. The van der Waals surface area contributed by atoms with Crippen LogP contribution >= 0.6 is 11.6 Å². The molecule has 0 atom stereocenters. The average molecular weight is 347 g/mol. The third-order valence-corrected chi connectivity index (χ3v) is 2.78. The first-order valence-electron chi connectivity index (χ1n) is 5.60. The molecule has 1 aromatic carbocycles. The Kier molecular flexibility index (Phi) is 5.11. The summed E-state index contributed by atoms with van der Waals surface area (Å²) in [5.74, 6) is -1.94. The van der Waals surface area contributed by atoms with Crippen LogP contribution in [0.4, 0.5) is 32.0 Å². The largest absolute Gasteiger partial charge is 0.417 e. The monoisotopic (exact) mass is 346 g/mol. The van der Waals surface area contributed by atoms with Crippen LogP contribution in [0, 0.1) is 0 Å². The van der Waals surface area contributed by atoms with Crippen molar-refractivity contribution in [3.63, 3.8) is 0 Å². The van der Waals surface area contributed by atoms with Crippen molar-refractivity contribution in [1.82, 2.24) is 0 Å². The molecular weight excluding hydrogens is 338 g/mol. The molecule has 0 fully saturated rings. The van der Waals surface area contributed by atoms with Gasteiger partial charge in [0.05, 0.1) is 28.3 Å². The first-order chi connectivity index (χ1) is 9.87. The Bertz CT molecular complexity index is 621. The topological polar surface area (TPSA) is 55.5 Å². The highest BCUT2D eigenvalue weighted by atomic mass is 35.5. The molecule has 22 heavy (non-hydrogen) atoms. The minimum absolute atomic E-state index is 0.132. The van der Waals surface area contributed by atoms with Crippen molar-refractivity contribution in [2.24, 2.45) is 10.7 Å². The Labute approximate surface area is 125 Å². The molecule has 0 bridgehead atoms. The maximum absolute atomic E-state index is 13.0. The van der Waals surface area contributed by atoms with Crippen molar-refractivity contribution in [2.45, 2.75) is 19.3 Å². The van der Waals surface area contributed by atoms with Gasteiger partial charge < -0.3 is 5.73 Å². The van der Waals surface area contributed by atoms with Gasteiger partial charge in [0.2, 0.25) is 0 Å². The molecule has 0 saturated carbocycles. The van der Waals surface area contributed by atoms with E-state index in [1.54, 1.807) is 0 Å². The van der Waals surface area contributed by atoms with Crippen LogP contribution in [-0.2, 0) is 12.4 Å². The second-order valence-corrected chi connectivity index (χ2v) is 4.47. The second-order valence-electron chi connectivity index (χ2n) is 4.21. The molecule has 1 rings (SSSR count). The number of benzene rings is 1. The zero-order valence-electron chi connectivity index (χ0n) is 10.9. The van der Waals surface area contributed by atoms with Crippen LogP contribution in [0.25, 0.3) is 0 Å². The molecule has 0 heterocycles. The van der Waals surface area contributed by atoms with Crippen LogP contribution in [-0.4, -0.2) is 17.5 Å². The lowest BCUT2D eigenvalue weighted by molar-refractivity contribution is -0.143. The van der Waals surface area contributed by atoms with Gasteiger partial charge in [-0.1, -0.05) is 0 Å². The zero-order chi connectivity index (χ0) is 17.3. The van der Waals surface area contributed by atoms with Gasteiger partial charge in [0.1, 0.15) is 5.84 Å². The minimum Gasteiger partial charge on any atom is -0.386 e. The number of halogens is 7. The molecule has 0 amide bonds. The fourth-order valence-corrected chi connectivity index (χ4v) is 1.72. The van der Waals surface area contributed by atoms with Crippen molar-refractivity contribution in [1.29, 1.82) is 0 Å². The molecule has 1 aromatic rings. The van der Waals surface area contributed by atoms with E-state index in [1.165, 1.54) is 0 Å². The molecule has 0 spiro atoms. The van der Waals surface area contributed by atoms with Crippen molar-refractivity contribution < 1.29 is 31.1 Å². The van der Waals surface area contributed by atoms with Gasteiger partial charge >= 0.3 is 12.4 Å². The number of hydrogen-bond acceptors (Lipinski definition) is 2. The van der Waals surface area contributed by atoms with Gasteiger partial charge in [0, 0.05) is 0 Å². The summed E-state index contributed by atoms with van der Waals surface area (Å²) in [5, 5.41) is 0. The third kappa shape index (κ3) is 4.12. The van der Waals surface area contributed by atoms with E-state index in [0.717, 1.165) is 6.92 Å². The van der Waals surface area contributed by atoms with E-state index >= 15 is 0 Å². The third-order valence-electron chi connectivity index (χ3n) is 2.50. The number of nitrogens with two attached hydrogens (primary N) is 1. The zero-order valence-corrected chi connectivity index (χ0v) is 11.7. The van der Waals surface area contributed by atoms with Crippen LogP contribution in [0.1, 0.15) is 28.4 Å². The SMILES string of the molecule is CC(=O)c1c(N=C(N)CCl)cc(C(F)(F)F)cc1C(F)(F)F. The van der Waals surface area contributed by atoms with Gasteiger partial charge in [-0.15, -0.1) is 11.6 Å². The maximum Gasteiger partial charge on any atom is 0.417 e. The average Bonchev–Trinajstić information content (AvgIpc) is 2.35. The summed E-state index contributed by atoms with van der Waals surface area (Å²) in [6.07, 6.45) is -10.2. The Morgan fingerprint density at radius 2 is 1.73 bits per heavy atom. The molecule has 2 N–H and O–H groups in total. The first-order valence-corrected chi connectivity index (χ1v) is 6.13. The number of aliphatic imine (C=N–C) groups is 1. The summed E-state index contributed by atoms with van der Waals surface area (Å²) in [6.45, 7) is 0.785. The van der Waals surface area contributed by atoms with Crippen LogP contribution in [0.5, 0.6) is 0 Å². The molecule has 0 unspecified atom stereocenters. The van der Waals surface area contributed by atoms with E-state index in [0.29, 0.717) is 6.07 Å². The standard InChI is InChI=1S/C12H9ClF6N2O/c1-5(22)10-7(12(17,18)19)2-6(11(14,15)16)3-8(10)21-9(20)4-13/h2-3H,4H2,1H3,(H2,20,21). The number of nitrogens with zero attached hydrogens (tertiary/aromatic N) is 1. The van der Waals surface area contributed by atoms with Gasteiger partial charge in [0.25, 0.3) is 0 Å². The number of alkyl halides is 7. The van der Waals surface area contributed by atoms with Gasteiger partial charge in [-0.05, 0) is 19.1 Å². The smallest absolute Gasteiger partial charge is 0.386 e. The molecule has 0 radical (unpaired) electrons. The lowest BCUT2D eigenvalue weighted by Crippen LogP contribution is -2.17. The van der Waals surface area contributed by atoms with Crippen molar-refractivity contribution in [3.05, 3.63) is 28.8 Å². The number of Topliss-reactive ketones (excluding diaryl/α,β-unsaturated/α-hetero) is 1. The Hall–Kier alpha value is -1.77. The van der Waals surface area contributed by atoms with Crippen LogP contribution in [0.15, 0.2) is 17.1 Å². The first kappa shape index (κ1) is 18.3. The minimum atomic E-state index is -5.16. The van der Waals surface area contributed by atoms with E-state index in [2.05, 4.69) is 4.99 Å². The molecule has 10 heteroatoms. The fraction of sp³-hybridized carbons (Fsp3) is 0.333. The summed E-state index contributed by atoms with van der Waals surface area (Å²) < 4.78 is 77.0. The second kappa shape index (κ2) is 6.15. The van der Waals surface area contributed by atoms with Crippen molar-refractivity contribution in [2.75, 3.05) is 5.88 Å². The molecule has 0 saturated heterocycles. The summed E-state index contributed by atoms with van der Waals surface area (Å²) in [5.41, 5.74) is 0.101. The van der Waals surface area contributed by atoms with Crippen molar-refractivity contribution in [3.8, 4) is 0 Å². The number of rotatable bonds is 3. The predicted molar refractivity (Wildman–Crippen MR) is 68.5 cm³/mol. The number of carbonyl (C=O) groups excluding carboxylic acids is 1. The van der Waals surface area contributed by atoms with Gasteiger partial charge in [-0.2, -0.15) is 26.3 Å². The highest BCUT2D eigenvalue weighted by Crippen LogP contribution is 2.41. The van der Waals surface area contributed by atoms with Gasteiger partial charge in [0.15, 0.2) is 5.78 Å². The molecule has 0 aliphatic carbocycles. The predicted octanol–water partition coefficient (Wildman–Crippen LogP) is 4.15. The molecular formula is C12H9ClF6N2O. The van der Waals surface area contributed by atoms with E-state index in [1.807, 2.05) is 0 Å². The number of hydrogen-bond donors (Lipinski definition) is 1. The lowest BCUT2D eigenvalue weighted by Gasteiger charge is -2.17. The van der Waals surface area contributed by atoms with Gasteiger partial charge in [-0.25, -0.2) is 4.99 Å². The summed E-state index contributed by atoms with van der Waals surface area (Å²) in [6, 6.07) is 0.192. The lowest BCUT2D eigenvalue weighted by atomic mass is 9.98. The maximum atomic E-state index is 13.0. The van der Waals surface area contributed by atoms with E-state index in [9.17, 15) is 31.1 Å². The van der Waals surface area contributed by atoms with Crippen molar-refractivity contribution >= 4 is 28.9 Å². The normalized spacial score (nSPS) is 13.4. The van der Waals surface area contributed by atoms with E-state index in [-0.39, 0.29) is 6.07 Å². The van der Waals surface area contributed by atoms with Crippen LogP contribution < -0.4 is 5.73 Å². The summed E-state index contributed by atoms with van der Waals surface area (Å²) in [7, 11) is 0.